The highest BCUT2D eigenvalue weighted by molar-refractivity contribution is 7.80. The van der Waals surface area contributed by atoms with Gasteiger partial charge in [-0.05, 0) is 47.5 Å². The Labute approximate surface area is 290 Å². The number of benzene rings is 2. The molecule has 0 saturated heterocycles. The maximum atomic E-state index is 12.5. The van der Waals surface area contributed by atoms with E-state index in [1.54, 1.807) is 0 Å². The summed E-state index contributed by atoms with van der Waals surface area (Å²) in [6.07, 6.45) is 4.02. The number of ether oxygens (including phenoxy) is 4. The van der Waals surface area contributed by atoms with Gasteiger partial charge in [-0.15, -0.1) is 0 Å². The van der Waals surface area contributed by atoms with Gasteiger partial charge in [0.05, 0.1) is 40.8 Å². The predicted octanol–water partition coefficient (Wildman–Crippen LogP) is 0.516. The summed E-state index contributed by atoms with van der Waals surface area (Å²) >= 11 is 7.78. The zero-order valence-corrected chi connectivity index (χ0v) is 26.4. The van der Waals surface area contributed by atoms with Crippen LogP contribution in [0.1, 0.15) is 25.8 Å². The van der Waals surface area contributed by atoms with E-state index in [2.05, 4.69) is 35.9 Å². The van der Waals surface area contributed by atoms with Crippen LogP contribution < -0.4 is 41.0 Å². The second kappa shape index (κ2) is 19.8. The molecule has 2 atom stereocenters. The van der Waals surface area contributed by atoms with Crippen molar-refractivity contribution in [3.8, 4) is 23.0 Å². The number of carbonyl (C=O) groups excluding carboxylic acids is 6. The number of methoxy groups -OCH3 is 2. The highest BCUT2D eigenvalue weighted by Gasteiger charge is 2.17. The van der Waals surface area contributed by atoms with Crippen LogP contribution in [0, 0.1) is 0 Å². The summed E-state index contributed by atoms with van der Waals surface area (Å²) in [6.45, 7) is -1.17. The summed E-state index contributed by atoms with van der Waals surface area (Å²) in [6, 6.07) is 5.55. The molecule has 252 valence electrons. The first-order chi connectivity index (χ1) is 24.7. The van der Waals surface area contributed by atoms with Gasteiger partial charge in [0.1, 0.15) is 13.1 Å². The lowest BCUT2D eigenvalue weighted by Crippen LogP contribution is -2.44. The molecular weight excluding hydrogens is 652 g/mol. The molecule has 0 heterocycles. The molecule has 0 radical (unpaired) electrons. The number of carbonyl (C=O) groups is 6. The monoisotopic (exact) mass is 694 g/mol. The number of nitrogens with two attached hydrogens (primary N) is 2. The van der Waals surface area contributed by atoms with Crippen molar-refractivity contribution >= 4 is 72.7 Å². The molecule has 2 rings (SSSR count). The van der Waals surface area contributed by atoms with E-state index in [-0.39, 0.29) is 45.6 Å². The molecule has 0 aromatic heterocycles. The van der Waals surface area contributed by atoms with E-state index in [1.807, 2.05) is 0 Å². The average Bonchev–Trinajstić information content (AvgIpc) is 3.07. The van der Waals surface area contributed by atoms with Crippen LogP contribution in [0.25, 0.3) is 12.2 Å². The van der Waals surface area contributed by atoms with E-state index in [0.717, 1.165) is 12.2 Å². The van der Waals surface area contributed by atoms with Crippen molar-refractivity contribution < 1.29 is 55.9 Å². The standard InChI is InChI=1S/C31H36N4O10S2/c1-42-26-11-18(5-9-24(26)44-28(38)14-34-30(40)22(32)16-46)3-7-20(36)13-21(37)8-4-19-6-10-25(27(12-19)43-2)45-29(39)15-35-31(41)23(33)17-47/h3-12,22-23,46-47H,13-17,32-33H2,1-2H3,(H,34,40)(H,35,41)/b7-3+,8-4+/t22-,23-/m0/s1/i1D3,2D3. The fourth-order valence-electron chi connectivity index (χ4n) is 3.32. The second-order valence-electron chi connectivity index (χ2n) is 9.35. The molecule has 0 fully saturated rings. The van der Waals surface area contributed by atoms with Crippen LogP contribution in [0.5, 0.6) is 23.0 Å². The Hall–Kier alpha value is -4.64. The van der Waals surface area contributed by atoms with Crippen LogP contribution in [0.3, 0.4) is 0 Å². The number of ketones is 2. The Morgan fingerprint density at radius 2 is 1.13 bits per heavy atom. The molecule has 0 saturated carbocycles. The third kappa shape index (κ3) is 13.3. The van der Waals surface area contributed by atoms with Crippen molar-refractivity contribution in [2.45, 2.75) is 18.5 Å². The van der Waals surface area contributed by atoms with Gasteiger partial charge in [-0.3, -0.25) is 19.2 Å². The van der Waals surface area contributed by atoms with Crippen molar-refractivity contribution in [3.63, 3.8) is 0 Å². The number of nitrogens with one attached hydrogen (secondary N) is 2. The smallest absolute Gasteiger partial charge is 0.330 e. The average molecular weight is 695 g/mol. The van der Waals surface area contributed by atoms with Crippen LogP contribution in [0.15, 0.2) is 48.6 Å². The molecule has 16 heteroatoms. The van der Waals surface area contributed by atoms with Crippen molar-refractivity contribution in [1.82, 2.24) is 10.6 Å². The normalized spacial score (nSPS) is 14.6. The topological polar surface area (TPSA) is 215 Å². The molecule has 2 amide bonds. The van der Waals surface area contributed by atoms with Crippen molar-refractivity contribution in [3.05, 3.63) is 59.7 Å². The summed E-state index contributed by atoms with van der Waals surface area (Å²) < 4.78 is 64.6. The molecular formula is C31H36N4O10S2. The molecule has 0 aliphatic rings. The van der Waals surface area contributed by atoms with E-state index >= 15 is 0 Å². The first kappa shape index (κ1) is 29.7. The Balaban J connectivity index is 2.11. The third-order valence-electron chi connectivity index (χ3n) is 5.76. The first-order valence-electron chi connectivity index (χ1n) is 16.5. The maximum absolute atomic E-state index is 12.5. The van der Waals surface area contributed by atoms with Crippen LogP contribution in [0.2, 0.25) is 0 Å². The van der Waals surface area contributed by atoms with E-state index in [4.69, 9.17) is 38.6 Å². The zero-order valence-electron chi connectivity index (χ0n) is 30.6. The van der Waals surface area contributed by atoms with Crippen molar-refractivity contribution in [2.75, 3.05) is 38.7 Å². The Morgan fingerprint density at radius 1 is 0.723 bits per heavy atom. The van der Waals surface area contributed by atoms with Gasteiger partial charge >= 0.3 is 11.9 Å². The SMILES string of the molecule is [2H]C([2H])([2H])Oc1cc(/C=C/C(=O)CC(=O)/C=C/c2ccc(OC(=O)CNC(=O)[C@@H](N)CS)c(OC([2H])([2H])[2H])c2)ccc1OC(=O)CNC(=O)[C@@H](N)CS. The Bertz CT molecular complexity index is 1610. The molecule has 0 aliphatic heterocycles. The molecule has 0 spiro atoms. The predicted molar refractivity (Wildman–Crippen MR) is 180 cm³/mol. The van der Waals surface area contributed by atoms with Crippen molar-refractivity contribution in [1.29, 1.82) is 0 Å². The van der Waals surface area contributed by atoms with E-state index in [0.29, 0.717) is 0 Å². The lowest BCUT2D eigenvalue weighted by atomic mass is 10.1. The quantitative estimate of drug-likeness (QED) is 0.0414. The van der Waals surface area contributed by atoms with Crippen molar-refractivity contribution in [2.24, 2.45) is 11.5 Å². The molecule has 2 aromatic carbocycles. The Morgan fingerprint density at radius 3 is 1.49 bits per heavy atom. The molecule has 2 aromatic rings. The summed E-state index contributed by atoms with van der Waals surface area (Å²) in [5, 5.41) is 4.50. The van der Waals surface area contributed by atoms with Gasteiger partial charge < -0.3 is 41.0 Å². The number of amides is 2. The summed E-state index contributed by atoms with van der Waals surface area (Å²) in [4.78, 5) is 73.0. The maximum Gasteiger partial charge on any atom is 0.330 e. The minimum atomic E-state index is -2.95. The van der Waals surface area contributed by atoms with Crippen LogP contribution in [0.4, 0.5) is 0 Å². The fourth-order valence-corrected chi connectivity index (χ4v) is 3.65. The summed E-state index contributed by atoms with van der Waals surface area (Å²) in [7, 11) is -5.90. The number of thiol groups is 2. The largest absolute Gasteiger partial charge is 0.493 e. The van der Waals surface area contributed by atoms with Gasteiger partial charge in [-0.2, -0.15) is 25.3 Å². The number of rotatable bonds is 18. The lowest BCUT2D eigenvalue weighted by Gasteiger charge is -2.12. The minimum Gasteiger partial charge on any atom is -0.493 e. The highest BCUT2D eigenvalue weighted by Crippen LogP contribution is 2.29. The van der Waals surface area contributed by atoms with E-state index < -0.39 is 81.0 Å². The summed E-state index contributed by atoms with van der Waals surface area (Å²) in [5.74, 6) is -5.82. The molecule has 47 heavy (non-hydrogen) atoms. The molecule has 0 unspecified atom stereocenters. The molecule has 14 nitrogen and oxygen atoms in total. The highest BCUT2D eigenvalue weighted by atomic mass is 32.1. The van der Waals surface area contributed by atoms with Crippen LogP contribution >= 0.6 is 25.3 Å². The number of hydrogen-bond acceptors (Lipinski definition) is 14. The van der Waals surface area contributed by atoms with Gasteiger partial charge in [-0.1, -0.05) is 24.3 Å². The van der Waals surface area contributed by atoms with Gasteiger partial charge in [0.2, 0.25) is 11.8 Å². The molecule has 0 aliphatic carbocycles. The zero-order chi connectivity index (χ0) is 39.9. The lowest BCUT2D eigenvalue weighted by molar-refractivity contribution is -0.136. The number of hydrogen-bond donors (Lipinski definition) is 6. The van der Waals surface area contributed by atoms with E-state index in [9.17, 15) is 28.8 Å². The minimum absolute atomic E-state index is 0.0302. The first-order valence-corrected chi connectivity index (χ1v) is 14.7. The molecule has 0 bridgehead atoms. The Kier molecular flexibility index (Phi) is 12.5. The third-order valence-corrected chi connectivity index (χ3v) is 6.54. The van der Waals surface area contributed by atoms with Crippen LogP contribution in [-0.2, 0) is 28.8 Å². The number of esters is 2. The van der Waals surface area contributed by atoms with Gasteiger partial charge in [0.15, 0.2) is 34.6 Å². The second-order valence-corrected chi connectivity index (χ2v) is 10.1. The van der Waals surface area contributed by atoms with E-state index in [1.165, 1.54) is 48.6 Å². The van der Waals surface area contributed by atoms with Gasteiger partial charge in [-0.25, -0.2) is 9.59 Å². The van der Waals surface area contributed by atoms with Gasteiger partial charge in [0, 0.05) is 11.5 Å². The van der Waals surface area contributed by atoms with Gasteiger partial charge in [0.25, 0.3) is 0 Å². The summed E-state index contributed by atoms with van der Waals surface area (Å²) in [5.41, 5.74) is 11.5. The fraction of sp³-hybridized carbons (Fsp3) is 0.290. The van der Waals surface area contributed by atoms with Crippen LogP contribution in [-0.4, -0.2) is 86.1 Å². The number of allylic oxidation sites excluding steroid dienone is 2. The molecule has 6 N–H and O–H groups in total.